The summed E-state index contributed by atoms with van der Waals surface area (Å²) in [5, 5.41) is 0. The first-order valence-electron chi connectivity index (χ1n) is 8.52. The molecule has 4 atom stereocenters. The Balaban J connectivity index is 1.78. The molecule has 1 unspecified atom stereocenters. The van der Waals surface area contributed by atoms with Crippen LogP contribution < -0.4 is 0 Å². The van der Waals surface area contributed by atoms with E-state index in [2.05, 4.69) is 0 Å². The zero-order chi connectivity index (χ0) is 18.0. The Morgan fingerprint density at radius 3 is 1.83 bits per heavy atom. The van der Waals surface area contributed by atoms with Gasteiger partial charge in [-0.1, -0.05) is 0 Å². The normalized spacial score (nSPS) is 43.0. The zero-order valence-corrected chi connectivity index (χ0v) is 15.9. The Morgan fingerprint density at radius 2 is 1.29 bits per heavy atom. The minimum Gasteiger partial charge on any atom is -0.348 e. The van der Waals surface area contributed by atoms with Gasteiger partial charge in [0.25, 0.3) is 0 Å². The van der Waals surface area contributed by atoms with Crippen molar-refractivity contribution in [2.24, 2.45) is 0 Å². The van der Waals surface area contributed by atoms with Gasteiger partial charge in [-0.2, -0.15) is 0 Å². The topological polar surface area (TPSA) is 64.6 Å². The van der Waals surface area contributed by atoms with Crippen LogP contribution in [0.15, 0.2) is 0 Å². The smallest absolute Gasteiger partial charge is 0.221 e. The Hall–Kier alpha value is -0.280. The third-order valence-corrected chi connectivity index (χ3v) is 5.04. The van der Waals surface area contributed by atoms with Crippen LogP contribution in [0, 0.1) is 0 Å². The van der Waals surface area contributed by atoms with Crippen molar-refractivity contribution in [3.63, 3.8) is 0 Å². The molecule has 0 aliphatic carbocycles. The Bertz CT molecular complexity index is 485. The lowest BCUT2D eigenvalue weighted by atomic mass is 9.89. The molecule has 0 aromatic heterocycles. The van der Waals surface area contributed by atoms with Crippen LogP contribution in [0.1, 0.15) is 55.4 Å². The molecule has 0 aromatic carbocycles. The Kier molecular flexibility index (Phi) is 4.32. The summed E-state index contributed by atoms with van der Waals surface area (Å²) >= 11 is 0. The molecule has 140 valence electrons. The summed E-state index contributed by atoms with van der Waals surface area (Å²) in [6.45, 7) is 15.7. The van der Waals surface area contributed by atoms with Gasteiger partial charge in [-0.05, 0) is 55.4 Å². The van der Waals surface area contributed by atoms with E-state index in [9.17, 15) is 0 Å². The van der Waals surface area contributed by atoms with Crippen molar-refractivity contribution in [1.29, 1.82) is 0 Å². The van der Waals surface area contributed by atoms with Crippen molar-refractivity contribution in [3.05, 3.63) is 0 Å². The van der Waals surface area contributed by atoms with Crippen LogP contribution in [0.5, 0.6) is 0 Å². The lowest BCUT2D eigenvalue weighted by molar-refractivity contribution is -0.511. The van der Waals surface area contributed by atoms with Crippen molar-refractivity contribution in [2.45, 2.75) is 103 Å². The van der Waals surface area contributed by atoms with Gasteiger partial charge < -0.3 is 23.7 Å². The van der Waals surface area contributed by atoms with Crippen LogP contribution in [0.25, 0.3) is 0 Å². The van der Waals surface area contributed by atoms with Gasteiger partial charge in [0.15, 0.2) is 11.6 Å². The quantitative estimate of drug-likeness (QED) is 0.712. The van der Waals surface area contributed by atoms with Crippen molar-refractivity contribution in [3.8, 4) is 0 Å². The summed E-state index contributed by atoms with van der Waals surface area (Å²) < 4.78 is 29.9. The summed E-state index contributed by atoms with van der Waals surface area (Å²) in [4.78, 5) is 11.1. The van der Waals surface area contributed by atoms with E-state index in [0.717, 1.165) is 0 Å². The molecule has 24 heavy (non-hydrogen) atoms. The molecule has 7 heteroatoms. The standard InChI is InChI=1S/C17H30O7/c1-14(2)15(3,4)24-23-13(22-14)12-11(20-17(7,8)21-12)10-9-18-16(5,6)19-10/h10-13H,9H2,1-8H3/t10-,11-,12+,13?/m1/s1. The van der Waals surface area contributed by atoms with Gasteiger partial charge in [0.1, 0.15) is 23.9 Å². The van der Waals surface area contributed by atoms with Crippen LogP contribution in [0.2, 0.25) is 0 Å². The maximum Gasteiger partial charge on any atom is 0.221 e. The fourth-order valence-corrected chi connectivity index (χ4v) is 3.03. The number of ether oxygens (including phenoxy) is 5. The van der Waals surface area contributed by atoms with Gasteiger partial charge in [-0.3, -0.25) is 0 Å². The molecule has 0 N–H and O–H groups in total. The molecule has 0 radical (unpaired) electrons. The fourth-order valence-electron chi connectivity index (χ4n) is 3.03. The Morgan fingerprint density at radius 1 is 0.667 bits per heavy atom. The third kappa shape index (κ3) is 3.35. The first kappa shape index (κ1) is 18.5. The van der Waals surface area contributed by atoms with Gasteiger partial charge in [0.05, 0.1) is 12.2 Å². The highest BCUT2D eigenvalue weighted by atomic mass is 17.2. The second-order valence-corrected chi connectivity index (χ2v) is 8.62. The molecule has 0 saturated carbocycles. The molecular formula is C17H30O7. The van der Waals surface area contributed by atoms with Crippen molar-refractivity contribution < 1.29 is 33.5 Å². The second kappa shape index (κ2) is 5.61. The molecule has 0 bridgehead atoms. The van der Waals surface area contributed by atoms with Gasteiger partial charge in [0.2, 0.25) is 6.29 Å². The lowest BCUT2D eigenvalue weighted by Gasteiger charge is -2.47. The summed E-state index contributed by atoms with van der Waals surface area (Å²) in [6.07, 6.45) is -1.85. The highest BCUT2D eigenvalue weighted by molar-refractivity contribution is 4.96. The summed E-state index contributed by atoms with van der Waals surface area (Å²) in [5.74, 6) is -1.41. The minimum absolute atomic E-state index is 0.267. The summed E-state index contributed by atoms with van der Waals surface area (Å²) in [5.41, 5.74) is -1.13. The molecule has 3 saturated heterocycles. The van der Waals surface area contributed by atoms with Crippen LogP contribution in [0.4, 0.5) is 0 Å². The average molecular weight is 346 g/mol. The van der Waals surface area contributed by atoms with E-state index in [-0.39, 0.29) is 12.2 Å². The van der Waals surface area contributed by atoms with Gasteiger partial charge in [-0.25, -0.2) is 9.78 Å². The maximum absolute atomic E-state index is 6.16. The highest BCUT2D eigenvalue weighted by Gasteiger charge is 2.57. The lowest BCUT2D eigenvalue weighted by Crippen LogP contribution is -2.60. The predicted molar refractivity (Wildman–Crippen MR) is 83.9 cm³/mol. The zero-order valence-electron chi connectivity index (χ0n) is 15.9. The molecule has 3 aliphatic heterocycles. The molecule has 3 aliphatic rings. The van der Waals surface area contributed by atoms with E-state index >= 15 is 0 Å². The van der Waals surface area contributed by atoms with E-state index < -0.39 is 35.2 Å². The van der Waals surface area contributed by atoms with E-state index in [4.69, 9.17) is 33.5 Å². The van der Waals surface area contributed by atoms with E-state index in [1.54, 1.807) is 0 Å². The van der Waals surface area contributed by atoms with Gasteiger partial charge in [-0.15, -0.1) is 0 Å². The fraction of sp³-hybridized carbons (Fsp3) is 1.00. The van der Waals surface area contributed by atoms with E-state index in [0.29, 0.717) is 6.61 Å². The molecule has 0 spiro atoms. The van der Waals surface area contributed by atoms with Crippen LogP contribution in [0.3, 0.4) is 0 Å². The predicted octanol–water partition coefficient (Wildman–Crippen LogP) is 2.52. The second-order valence-electron chi connectivity index (χ2n) is 8.62. The first-order valence-corrected chi connectivity index (χ1v) is 8.52. The largest absolute Gasteiger partial charge is 0.348 e. The number of hydrogen-bond acceptors (Lipinski definition) is 7. The summed E-state index contributed by atoms with van der Waals surface area (Å²) in [7, 11) is 0. The monoisotopic (exact) mass is 346 g/mol. The minimum atomic E-state index is -0.769. The van der Waals surface area contributed by atoms with Crippen LogP contribution in [-0.4, -0.2) is 54.0 Å². The van der Waals surface area contributed by atoms with Crippen molar-refractivity contribution in [1.82, 2.24) is 0 Å². The molecule has 7 nitrogen and oxygen atoms in total. The van der Waals surface area contributed by atoms with Gasteiger partial charge in [0, 0.05) is 0 Å². The number of rotatable bonds is 2. The molecule has 3 fully saturated rings. The molecule has 3 heterocycles. The third-order valence-electron chi connectivity index (χ3n) is 5.04. The van der Waals surface area contributed by atoms with Crippen LogP contribution in [-0.2, 0) is 33.5 Å². The molecule has 0 amide bonds. The first-order chi connectivity index (χ1) is 10.8. The highest BCUT2D eigenvalue weighted by Crippen LogP contribution is 2.42. The van der Waals surface area contributed by atoms with Gasteiger partial charge >= 0.3 is 0 Å². The van der Waals surface area contributed by atoms with E-state index in [1.165, 1.54) is 0 Å². The molecule has 3 rings (SSSR count). The van der Waals surface area contributed by atoms with Crippen LogP contribution >= 0.6 is 0 Å². The molecular weight excluding hydrogens is 316 g/mol. The average Bonchev–Trinajstić information content (AvgIpc) is 2.92. The number of hydrogen-bond donors (Lipinski definition) is 0. The Labute approximate surface area is 143 Å². The SMILES string of the molecule is CC1(C)O[C@H]([C@H]2COC(C)(C)O2)[C@@H](C2OOC(C)(C)C(C)(C)O2)O1. The van der Waals surface area contributed by atoms with Crippen molar-refractivity contribution >= 4 is 0 Å². The molecule has 0 aromatic rings. The summed E-state index contributed by atoms with van der Waals surface area (Å²) in [6, 6.07) is 0. The maximum atomic E-state index is 6.16. The van der Waals surface area contributed by atoms with Crippen molar-refractivity contribution in [2.75, 3.05) is 6.61 Å². The van der Waals surface area contributed by atoms with E-state index in [1.807, 2.05) is 55.4 Å².